The van der Waals surface area contributed by atoms with Crippen molar-refractivity contribution >= 4 is 0 Å². The lowest BCUT2D eigenvalue weighted by atomic mass is 9.90. The zero-order chi connectivity index (χ0) is 14.7. The van der Waals surface area contributed by atoms with Gasteiger partial charge in [0.1, 0.15) is 13.2 Å². The molecule has 0 aromatic heterocycles. The van der Waals surface area contributed by atoms with E-state index in [1.165, 1.54) is 18.4 Å². The van der Waals surface area contributed by atoms with Gasteiger partial charge in [-0.3, -0.25) is 4.90 Å². The van der Waals surface area contributed by atoms with Gasteiger partial charge in [0, 0.05) is 18.6 Å². The van der Waals surface area contributed by atoms with Crippen molar-refractivity contribution in [3.8, 4) is 11.5 Å². The van der Waals surface area contributed by atoms with Crippen molar-refractivity contribution < 1.29 is 9.47 Å². The van der Waals surface area contributed by atoms with Crippen LogP contribution in [0.2, 0.25) is 0 Å². The first kappa shape index (κ1) is 14.7. The number of rotatable bonds is 4. The molecule has 0 atom stereocenters. The molecule has 1 aliphatic carbocycles. The number of nitrogens with two attached hydrogens (primary N) is 1. The summed E-state index contributed by atoms with van der Waals surface area (Å²) in [5.41, 5.74) is 7.32. The predicted molar refractivity (Wildman–Crippen MR) is 83.7 cm³/mol. The van der Waals surface area contributed by atoms with Crippen LogP contribution < -0.4 is 15.2 Å². The molecule has 1 aromatic carbocycles. The fourth-order valence-corrected chi connectivity index (χ4v) is 3.39. The number of fused-ring (bicyclic) bond motifs is 1. The fraction of sp³-hybridized carbons (Fsp3) is 0.647. The lowest BCUT2D eigenvalue weighted by Gasteiger charge is -2.35. The number of hydrogen-bond donors (Lipinski definition) is 1. The molecular weight excluding hydrogens is 264 g/mol. The van der Waals surface area contributed by atoms with Crippen molar-refractivity contribution in [3.05, 3.63) is 23.8 Å². The zero-order valence-electron chi connectivity index (χ0n) is 12.9. The summed E-state index contributed by atoms with van der Waals surface area (Å²) in [5.74, 6) is 1.76. The van der Waals surface area contributed by atoms with E-state index in [2.05, 4.69) is 24.0 Å². The monoisotopic (exact) mass is 290 g/mol. The van der Waals surface area contributed by atoms with Crippen molar-refractivity contribution in [1.82, 2.24) is 4.90 Å². The summed E-state index contributed by atoms with van der Waals surface area (Å²) in [5, 5.41) is 0. The Morgan fingerprint density at radius 1 is 1.10 bits per heavy atom. The van der Waals surface area contributed by atoms with Gasteiger partial charge in [0.25, 0.3) is 0 Å². The van der Waals surface area contributed by atoms with E-state index < -0.39 is 0 Å². The van der Waals surface area contributed by atoms with Crippen LogP contribution in [0.4, 0.5) is 0 Å². The summed E-state index contributed by atoms with van der Waals surface area (Å²) in [6.07, 6.45) is 4.75. The van der Waals surface area contributed by atoms with Gasteiger partial charge < -0.3 is 15.2 Å². The molecule has 0 bridgehead atoms. The topological polar surface area (TPSA) is 47.7 Å². The van der Waals surface area contributed by atoms with Gasteiger partial charge in [0.15, 0.2) is 11.5 Å². The summed E-state index contributed by atoms with van der Waals surface area (Å²) >= 11 is 0. The Bertz CT molecular complexity index is 470. The van der Waals surface area contributed by atoms with Gasteiger partial charge in [-0.15, -0.1) is 0 Å². The lowest BCUT2D eigenvalue weighted by molar-refractivity contribution is 0.148. The maximum absolute atomic E-state index is 6.02. The van der Waals surface area contributed by atoms with Crippen molar-refractivity contribution in [2.75, 3.05) is 19.8 Å². The van der Waals surface area contributed by atoms with Gasteiger partial charge in [0.05, 0.1) is 0 Å². The second-order valence-corrected chi connectivity index (χ2v) is 6.11. The molecule has 3 rings (SSSR count). The van der Waals surface area contributed by atoms with E-state index in [0.717, 1.165) is 37.4 Å². The van der Waals surface area contributed by atoms with E-state index in [-0.39, 0.29) is 0 Å². The van der Waals surface area contributed by atoms with Crippen molar-refractivity contribution in [2.24, 2.45) is 5.73 Å². The number of ether oxygens (including phenoxy) is 2. The molecular formula is C17H26N2O2. The molecule has 1 fully saturated rings. The average molecular weight is 290 g/mol. The van der Waals surface area contributed by atoms with Crippen LogP contribution in [0.25, 0.3) is 0 Å². The SMILES string of the molecule is CCN(Cc1ccc2c(c1)OCCO2)C1CCC(N)CC1. The standard InChI is InChI=1S/C17H26N2O2/c1-2-19(15-6-4-14(18)5-7-15)12-13-3-8-16-17(11-13)21-10-9-20-16/h3,8,11,14-15H,2,4-7,9-10,12,18H2,1H3. The highest BCUT2D eigenvalue weighted by molar-refractivity contribution is 5.43. The van der Waals surface area contributed by atoms with Crippen LogP contribution in [-0.4, -0.2) is 36.7 Å². The summed E-state index contributed by atoms with van der Waals surface area (Å²) in [6, 6.07) is 7.41. The van der Waals surface area contributed by atoms with Crippen LogP contribution in [0.1, 0.15) is 38.2 Å². The van der Waals surface area contributed by atoms with Gasteiger partial charge in [-0.25, -0.2) is 0 Å². The lowest BCUT2D eigenvalue weighted by Crippen LogP contribution is -2.40. The highest BCUT2D eigenvalue weighted by Crippen LogP contribution is 2.32. The molecule has 1 saturated carbocycles. The Labute approximate surface area is 127 Å². The second-order valence-electron chi connectivity index (χ2n) is 6.11. The Morgan fingerprint density at radius 3 is 2.52 bits per heavy atom. The van der Waals surface area contributed by atoms with Crippen LogP contribution in [-0.2, 0) is 6.54 Å². The smallest absolute Gasteiger partial charge is 0.161 e. The number of hydrogen-bond acceptors (Lipinski definition) is 4. The Balaban J connectivity index is 1.66. The molecule has 21 heavy (non-hydrogen) atoms. The fourth-order valence-electron chi connectivity index (χ4n) is 3.39. The van der Waals surface area contributed by atoms with Gasteiger partial charge >= 0.3 is 0 Å². The Morgan fingerprint density at radius 2 is 1.81 bits per heavy atom. The summed E-state index contributed by atoms with van der Waals surface area (Å²) in [6.45, 7) is 5.60. The van der Waals surface area contributed by atoms with Gasteiger partial charge in [-0.2, -0.15) is 0 Å². The van der Waals surface area contributed by atoms with Gasteiger partial charge in [-0.05, 0) is 49.9 Å². The predicted octanol–water partition coefficient (Wildman–Crippen LogP) is 2.55. The molecule has 1 aromatic rings. The van der Waals surface area contributed by atoms with Crippen LogP contribution in [0, 0.1) is 0 Å². The molecule has 0 spiro atoms. The molecule has 0 radical (unpaired) electrons. The zero-order valence-corrected chi connectivity index (χ0v) is 12.9. The molecule has 0 saturated heterocycles. The third-order valence-electron chi connectivity index (χ3n) is 4.66. The maximum Gasteiger partial charge on any atom is 0.161 e. The van der Waals surface area contributed by atoms with Crippen LogP contribution in [0.3, 0.4) is 0 Å². The first-order valence-corrected chi connectivity index (χ1v) is 8.14. The third kappa shape index (κ3) is 3.50. The van der Waals surface area contributed by atoms with Crippen molar-refractivity contribution in [3.63, 3.8) is 0 Å². The third-order valence-corrected chi connectivity index (χ3v) is 4.66. The molecule has 1 aliphatic heterocycles. The van der Waals surface area contributed by atoms with E-state index in [0.29, 0.717) is 25.3 Å². The van der Waals surface area contributed by atoms with Crippen LogP contribution in [0.5, 0.6) is 11.5 Å². The molecule has 1 heterocycles. The van der Waals surface area contributed by atoms with Crippen molar-refractivity contribution in [2.45, 2.75) is 51.2 Å². The molecule has 4 nitrogen and oxygen atoms in total. The molecule has 116 valence electrons. The minimum absolute atomic E-state index is 0.411. The average Bonchev–Trinajstić information content (AvgIpc) is 2.53. The van der Waals surface area contributed by atoms with Gasteiger partial charge in [-0.1, -0.05) is 13.0 Å². The van der Waals surface area contributed by atoms with E-state index in [4.69, 9.17) is 15.2 Å². The normalized spacial score (nSPS) is 25.1. The highest BCUT2D eigenvalue weighted by atomic mass is 16.6. The van der Waals surface area contributed by atoms with Crippen LogP contribution in [0.15, 0.2) is 18.2 Å². The van der Waals surface area contributed by atoms with Crippen molar-refractivity contribution in [1.29, 1.82) is 0 Å². The van der Waals surface area contributed by atoms with E-state index in [9.17, 15) is 0 Å². The largest absolute Gasteiger partial charge is 0.486 e. The number of nitrogens with zero attached hydrogens (tertiary/aromatic N) is 1. The molecule has 2 aliphatic rings. The summed E-state index contributed by atoms with van der Waals surface area (Å²) in [7, 11) is 0. The van der Waals surface area contributed by atoms with E-state index in [1.807, 2.05) is 6.07 Å². The molecule has 2 N–H and O–H groups in total. The summed E-state index contributed by atoms with van der Waals surface area (Å²) in [4.78, 5) is 2.57. The van der Waals surface area contributed by atoms with Gasteiger partial charge in [0.2, 0.25) is 0 Å². The van der Waals surface area contributed by atoms with E-state index >= 15 is 0 Å². The second kappa shape index (κ2) is 6.67. The maximum atomic E-state index is 6.02. The number of benzene rings is 1. The quantitative estimate of drug-likeness (QED) is 0.926. The first-order valence-electron chi connectivity index (χ1n) is 8.14. The minimum atomic E-state index is 0.411. The molecule has 4 heteroatoms. The summed E-state index contributed by atoms with van der Waals surface area (Å²) < 4.78 is 11.3. The Kier molecular flexibility index (Phi) is 4.66. The molecule has 0 unspecified atom stereocenters. The minimum Gasteiger partial charge on any atom is -0.486 e. The van der Waals surface area contributed by atoms with E-state index in [1.54, 1.807) is 0 Å². The molecule has 0 amide bonds. The van der Waals surface area contributed by atoms with Crippen LogP contribution >= 0.6 is 0 Å². The highest BCUT2D eigenvalue weighted by Gasteiger charge is 2.23. The Hall–Kier alpha value is -1.26. The first-order chi connectivity index (χ1) is 10.3.